The maximum absolute atomic E-state index is 13.8. The average Bonchev–Trinajstić information content (AvgIpc) is 3.58. The molecule has 1 aromatic heterocycles. The summed E-state index contributed by atoms with van der Waals surface area (Å²) in [4.78, 5) is 49.5. The molecule has 39 heavy (non-hydrogen) atoms. The summed E-state index contributed by atoms with van der Waals surface area (Å²) < 4.78 is 19.1. The Bertz CT molecular complexity index is 1120. The number of thiophene rings is 1. The molecular formula is C28H36FN5O4S. The highest BCUT2D eigenvalue weighted by atomic mass is 32.1. The standard InChI is InChI=1S/C28H36FN5O4S/c29-22-6-4-21(5-7-22)26(35)34-20-23(19-24(34)27(36)32-10-2-8-30-9-11-32)33(28(37)25-3-1-18-39-25)13-12-31-14-16-38-17-15-31/h1,3-7,18,23-24,30H,2,8-17,19-20H2. The molecule has 3 amide bonds. The third-order valence-corrected chi connectivity index (χ3v) is 8.62. The summed E-state index contributed by atoms with van der Waals surface area (Å²) in [5.41, 5.74) is 0.330. The lowest BCUT2D eigenvalue weighted by Crippen LogP contribution is -2.48. The molecule has 5 rings (SSSR count). The van der Waals surface area contributed by atoms with Crippen LogP contribution in [0, 0.1) is 5.82 Å². The van der Waals surface area contributed by atoms with Gasteiger partial charge in [0.2, 0.25) is 5.91 Å². The largest absolute Gasteiger partial charge is 0.379 e. The summed E-state index contributed by atoms with van der Waals surface area (Å²) in [6.07, 6.45) is 1.21. The molecule has 3 fully saturated rings. The van der Waals surface area contributed by atoms with Crippen LogP contribution in [0.1, 0.15) is 32.9 Å². The normalized spacial score (nSPS) is 22.5. The van der Waals surface area contributed by atoms with Crippen molar-refractivity contribution in [1.29, 1.82) is 0 Å². The van der Waals surface area contributed by atoms with Crippen molar-refractivity contribution in [2.24, 2.45) is 0 Å². The minimum absolute atomic E-state index is 0.0792. The van der Waals surface area contributed by atoms with Gasteiger partial charge in [0.15, 0.2) is 0 Å². The minimum atomic E-state index is -0.687. The number of likely N-dealkylation sites (tertiary alicyclic amines) is 1. The third kappa shape index (κ3) is 6.66. The second-order valence-corrected chi connectivity index (χ2v) is 11.2. The molecule has 2 unspecified atom stereocenters. The van der Waals surface area contributed by atoms with Crippen molar-refractivity contribution in [3.05, 3.63) is 58.0 Å². The van der Waals surface area contributed by atoms with E-state index in [4.69, 9.17) is 4.74 Å². The van der Waals surface area contributed by atoms with Crippen LogP contribution in [0.5, 0.6) is 0 Å². The van der Waals surface area contributed by atoms with Crippen LogP contribution < -0.4 is 5.32 Å². The van der Waals surface area contributed by atoms with Crippen LogP contribution in [-0.4, -0.2) is 122 Å². The number of nitrogens with one attached hydrogen (secondary N) is 1. The number of rotatable bonds is 7. The van der Waals surface area contributed by atoms with Gasteiger partial charge in [-0.25, -0.2) is 4.39 Å². The van der Waals surface area contributed by atoms with Crippen molar-refractivity contribution in [3.8, 4) is 0 Å². The number of nitrogens with zero attached hydrogens (tertiary/aromatic N) is 4. The summed E-state index contributed by atoms with van der Waals surface area (Å²) >= 11 is 1.39. The SMILES string of the molecule is O=C(C1CC(N(CCN2CCOCC2)C(=O)c2cccs2)CN1C(=O)c1ccc(F)cc1)N1CCCNCC1. The van der Waals surface area contributed by atoms with E-state index in [1.807, 2.05) is 27.3 Å². The van der Waals surface area contributed by atoms with Crippen molar-refractivity contribution in [2.45, 2.75) is 24.9 Å². The number of ether oxygens (including phenoxy) is 1. The van der Waals surface area contributed by atoms with Crippen molar-refractivity contribution in [1.82, 2.24) is 24.9 Å². The molecule has 0 bridgehead atoms. The smallest absolute Gasteiger partial charge is 0.264 e. The first kappa shape index (κ1) is 27.7. The first-order valence-electron chi connectivity index (χ1n) is 13.7. The van der Waals surface area contributed by atoms with E-state index < -0.39 is 11.9 Å². The lowest BCUT2D eigenvalue weighted by molar-refractivity contribution is -0.135. The first-order chi connectivity index (χ1) is 19.0. The Kier molecular flexibility index (Phi) is 9.23. The van der Waals surface area contributed by atoms with Gasteiger partial charge < -0.3 is 24.8 Å². The monoisotopic (exact) mass is 557 g/mol. The highest BCUT2D eigenvalue weighted by Crippen LogP contribution is 2.28. The molecule has 2 aromatic rings. The Morgan fingerprint density at radius 2 is 1.85 bits per heavy atom. The summed E-state index contributed by atoms with van der Waals surface area (Å²) in [7, 11) is 0. The number of morpholine rings is 1. The zero-order chi connectivity index (χ0) is 27.2. The number of carbonyl (C=O) groups is 3. The molecule has 210 valence electrons. The molecule has 9 nitrogen and oxygen atoms in total. The molecular weight excluding hydrogens is 521 g/mol. The fourth-order valence-corrected chi connectivity index (χ4v) is 6.28. The first-order valence-corrected chi connectivity index (χ1v) is 14.6. The second-order valence-electron chi connectivity index (χ2n) is 10.2. The summed E-state index contributed by atoms with van der Waals surface area (Å²) in [5, 5.41) is 5.20. The second kappa shape index (κ2) is 13.0. The molecule has 3 aliphatic heterocycles. The molecule has 0 aliphatic carbocycles. The number of carbonyl (C=O) groups excluding carboxylic acids is 3. The Balaban J connectivity index is 1.41. The van der Waals surface area contributed by atoms with E-state index in [9.17, 15) is 18.8 Å². The minimum Gasteiger partial charge on any atom is -0.379 e. The van der Waals surface area contributed by atoms with Crippen LogP contribution >= 0.6 is 11.3 Å². The summed E-state index contributed by atoms with van der Waals surface area (Å²) in [6.45, 7) is 7.15. The van der Waals surface area contributed by atoms with Crippen LogP contribution in [-0.2, 0) is 9.53 Å². The third-order valence-electron chi connectivity index (χ3n) is 7.76. The van der Waals surface area contributed by atoms with Crippen molar-refractivity contribution >= 4 is 29.1 Å². The van der Waals surface area contributed by atoms with E-state index >= 15 is 0 Å². The molecule has 0 radical (unpaired) electrons. The fraction of sp³-hybridized carbons (Fsp3) is 0.536. The van der Waals surface area contributed by atoms with Crippen molar-refractivity contribution < 1.29 is 23.5 Å². The molecule has 3 aliphatic rings. The lowest BCUT2D eigenvalue weighted by atomic mass is 10.1. The van der Waals surface area contributed by atoms with Gasteiger partial charge >= 0.3 is 0 Å². The zero-order valence-corrected chi connectivity index (χ0v) is 22.9. The Labute approximate surface area is 232 Å². The predicted molar refractivity (Wildman–Crippen MR) is 146 cm³/mol. The number of halogens is 1. The van der Waals surface area contributed by atoms with E-state index in [0.717, 1.165) is 26.1 Å². The van der Waals surface area contributed by atoms with E-state index in [1.54, 1.807) is 4.90 Å². The average molecular weight is 558 g/mol. The van der Waals surface area contributed by atoms with Gasteiger partial charge in [0.05, 0.1) is 24.1 Å². The molecule has 0 saturated carbocycles. The molecule has 2 atom stereocenters. The molecule has 11 heteroatoms. The number of benzene rings is 1. The lowest BCUT2D eigenvalue weighted by Gasteiger charge is -2.33. The van der Waals surface area contributed by atoms with E-state index in [1.165, 1.54) is 35.6 Å². The summed E-state index contributed by atoms with van der Waals surface area (Å²) in [6, 6.07) is 8.09. The van der Waals surface area contributed by atoms with Crippen LogP contribution in [0.15, 0.2) is 41.8 Å². The molecule has 0 spiro atoms. The fourth-order valence-electron chi connectivity index (χ4n) is 5.60. The summed E-state index contributed by atoms with van der Waals surface area (Å²) in [5.74, 6) is -0.912. The molecule has 1 N–H and O–H groups in total. The number of hydrogen-bond donors (Lipinski definition) is 1. The molecule has 1 aromatic carbocycles. The topological polar surface area (TPSA) is 85.4 Å². The Morgan fingerprint density at radius 3 is 2.59 bits per heavy atom. The van der Waals surface area contributed by atoms with Gasteiger partial charge in [-0.2, -0.15) is 0 Å². The highest BCUT2D eigenvalue weighted by molar-refractivity contribution is 7.12. The zero-order valence-electron chi connectivity index (χ0n) is 22.1. The van der Waals surface area contributed by atoms with E-state index in [0.29, 0.717) is 62.8 Å². The van der Waals surface area contributed by atoms with Crippen molar-refractivity contribution in [3.63, 3.8) is 0 Å². The predicted octanol–water partition coefficient (Wildman–Crippen LogP) is 1.77. The van der Waals surface area contributed by atoms with Crippen molar-refractivity contribution in [2.75, 3.05) is 72.1 Å². The number of amides is 3. The van der Waals surface area contributed by atoms with Gasteiger partial charge in [-0.3, -0.25) is 19.3 Å². The van der Waals surface area contributed by atoms with Crippen LogP contribution in [0.2, 0.25) is 0 Å². The van der Waals surface area contributed by atoms with Gasteiger partial charge in [0.1, 0.15) is 11.9 Å². The van der Waals surface area contributed by atoms with Gasteiger partial charge in [-0.1, -0.05) is 6.07 Å². The van der Waals surface area contributed by atoms with E-state index in [2.05, 4.69) is 10.2 Å². The maximum Gasteiger partial charge on any atom is 0.264 e. The number of hydrogen-bond acceptors (Lipinski definition) is 7. The molecule has 4 heterocycles. The van der Waals surface area contributed by atoms with Crippen LogP contribution in [0.3, 0.4) is 0 Å². The van der Waals surface area contributed by atoms with Gasteiger partial charge in [0.25, 0.3) is 11.8 Å². The molecule has 3 saturated heterocycles. The Morgan fingerprint density at radius 1 is 1.05 bits per heavy atom. The van der Waals surface area contributed by atoms with Crippen LogP contribution in [0.25, 0.3) is 0 Å². The van der Waals surface area contributed by atoms with E-state index in [-0.39, 0.29) is 30.3 Å². The van der Waals surface area contributed by atoms with Gasteiger partial charge in [0, 0.05) is 57.9 Å². The van der Waals surface area contributed by atoms with Gasteiger partial charge in [-0.05, 0) is 55.1 Å². The van der Waals surface area contributed by atoms with Gasteiger partial charge in [-0.15, -0.1) is 11.3 Å². The van der Waals surface area contributed by atoms with Crippen LogP contribution in [0.4, 0.5) is 4.39 Å². The Hall–Kier alpha value is -2.86. The maximum atomic E-state index is 13.8. The quantitative estimate of drug-likeness (QED) is 0.559. The highest BCUT2D eigenvalue weighted by Gasteiger charge is 2.45.